The van der Waals surface area contributed by atoms with E-state index in [0.717, 1.165) is 5.56 Å². The van der Waals surface area contributed by atoms with Crippen molar-refractivity contribution in [1.82, 2.24) is 9.97 Å². The molecule has 23 heavy (non-hydrogen) atoms. The van der Waals surface area contributed by atoms with Gasteiger partial charge in [-0.05, 0) is 23.9 Å². The van der Waals surface area contributed by atoms with Crippen LogP contribution in [-0.2, 0) is 9.47 Å². The molecule has 0 amide bonds. The topological polar surface area (TPSA) is 81.3 Å². The van der Waals surface area contributed by atoms with Gasteiger partial charge in [0.1, 0.15) is 22.1 Å². The maximum Gasteiger partial charge on any atom is 0.348 e. The monoisotopic (exact) mass is 350 g/mol. The number of carbonyl (C=O) groups excluding carboxylic acids is 1. The number of hydrogen-bond acceptors (Lipinski definition) is 7. The first-order valence-electron chi connectivity index (χ1n) is 6.84. The zero-order chi connectivity index (χ0) is 16.4. The highest BCUT2D eigenvalue weighted by Gasteiger charge is 2.20. The lowest BCUT2D eigenvalue weighted by atomic mass is 10.2. The Labute approximate surface area is 139 Å². The Morgan fingerprint density at radius 1 is 1.39 bits per heavy atom. The number of H-pyrrole nitrogens is 1. The van der Waals surface area contributed by atoms with Gasteiger partial charge in [0, 0.05) is 18.1 Å². The van der Waals surface area contributed by atoms with Crippen LogP contribution in [0.15, 0.2) is 21.6 Å². The Morgan fingerprint density at radius 2 is 2.22 bits per heavy atom. The van der Waals surface area contributed by atoms with Gasteiger partial charge in [0.2, 0.25) is 0 Å². The van der Waals surface area contributed by atoms with Gasteiger partial charge < -0.3 is 14.5 Å². The predicted molar refractivity (Wildman–Crippen MR) is 90.4 cm³/mol. The molecule has 1 N–H and O–H groups in total. The smallest absolute Gasteiger partial charge is 0.348 e. The summed E-state index contributed by atoms with van der Waals surface area (Å²) in [4.78, 5) is 32.7. The molecular weight excluding hydrogens is 336 g/mol. The molecule has 0 aliphatic rings. The normalized spacial score (nSPS) is 11.0. The molecule has 3 rings (SSSR count). The van der Waals surface area contributed by atoms with Crippen molar-refractivity contribution >= 4 is 38.9 Å². The van der Waals surface area contributed by atoms with Gasteiger partial charge in [0.25, 0.3) is 5.56 Å². The van der Waals surface area contributed by atoms with E-state index in [1.807, 2.05) is 16.8 Å². The zero-order valence-corrected chi connectivity index (χ0v) is 14.2. The fraction of sp³-hybridized carbons (Fsp3) is 0.267. The van der Waals surface area contributed by atoms with Gasteiger partial charge in [-0.25, -0.2) is 9.78 Å². The number of fused-ring (bicyclic) bond motifs is 1. The highest BCUT2D eigenvalue weighted by Crippen LogP contribution is 2.29. The molecule has 3 heterocycles. The number of carbonyl (C=O) groups is 1. The van der Waals surface area contributed by atoms with Crippen LogP contribution in [-0.4, -0.2) is 36.3 Å². The van der Waals surface area contributed by atoms with Crippen LogP contribution in [0.1, 0.15) is 15.2 Å². The molecule has 0 saturated carbocycles. The van der Waals surface area contributed by atoms with Crippen molar-refractivity contribution in [2.24, 2.45) is 0 Å². The number of aromatic nitrogens is 2. The van der Waals surface area contributed by atoms with Crippen molar-refractivity contribution in [3.8, 4) is 11.4 Å². The largest absolute Gasteiger partial charge is 0.459 e. The summed E-state index contributed by atoms with van der Waals surface area (Å²) in [5, 5.41) is 4.26. The van der Waals surface area contributed by atoms with Gasteiger partial charge >= 0.3 is 5.97 Å². The number of aromatic amines is 1. The molecule has 8 heteroatoms. The Hall–Kier alpha value is -2.03. The summed E-state index contributed by atoms with van der Waals surface area (Å²) >= 11 is 2.70. The van der Waals surface area contributed by atoms with Gasteiger partial charge in [0.15, 0.2) is 0 Å². The second-order valence-corrected chi connectivity index (χ2v) is 6.57. The summed E-state index contributed by atoms with van der Waals surface area (Å²) < 4.78 is 9.98. The third-order valence-corrected chi connectivity index (χ3v) is 5.15. The van der Waals surface area contributed by atoms with Crippen LogP contribution in [0.2, 0.25) is 0 Å². The van der Waals surface area contributed by atoms with Crippen LogP contribution in [0.5, 0.6) is 0 Å². The van der Waals surface area contributed by atoms with Gasteiger partial charge in [0.05, 0.1) is 12.0 Å². The first-order valence-corrected chi connectivity index (χ1v) is 8.59. The average molecular weight is 350 g/mol. The highest BCUT2D eigenvalue weighted by atomic mass is 32.1. The summed E-state index contributed by atoms with van der Waals surface area (Å²) in [6, 6.07) is 1.88. The summed E-state index contributed by atoms with van der Waals surface area (Å²) in [6.07, 6.45) is 0. The number of esters is 1. The van der Waals surface area contributed by atoms with E-state index in [0.29, 0.717) is 33.1 Å². The Balaban J connectivity index is 2.02. The molecule has 0 aliphatic heterocycles. The SMILES string of the molecule is COCCOC(=O)c1sc2nc(-c3ccsc3)[nH]c(=O)c2c1C. The molecule has 0 radical (unpaired) electrons. The summed E-state index contributed by atoms with van der Waals surface area (Å²) in [6.45, 7) is 2.23. The van der Waals surface area contributed by atoms with E-state index in [1.54, 1.807) is 6.92 Å². The summed E-state index contributed by atoms with van der Waals surface area (Å²) in [5.74, 6) is 0.0448. The molecule has 3 aromatic rings. The van der Waals surface area contributed by atoms with Crippen molar-refractivity contribution in [2.45, 2.75) is 6.92 Å². The summed E-state index contributed by atoms with van der Waals surface area (Å²) in [7, 11) is 1.54. The number of hydrogen-bond donors (Lipinski definition) is 1. The number of nitrogens with one attached hydrogen (secondary N) is 1. The second-order valence-electron chi connectivity index (χ2n) is 4.79. The van der Waals surface area contributed by atoms with Gasteiger partial charge in [-0.3, -0.25) is 4.79 Å². The van der Waals surface area contributed by atoms with Crippen LogP contribution in [0, 0.1) is 6.92 Å². The molecule has 0 fully saturated rings. The number of rotatable bonds is 5. The molecular formula is C15H14N2O4S2. The van der Waals surface area contributed by atoms with E-state index in [1.165, 1.54) is 29.8 Å². The van der Waals surface area contributed by atoms with Crippen molar-refractivity contribution in [3.63, 3.8) is 0 Å². The molecule has 6 nitrogen and oxygen atoms in total. The Morgan fingerprint density at radius 3 is 2.91 bits per heavy atom. The summed E-state index contributed by atoms with van der Waals surface area (Å²) in [5.41, 5.74) is 1.20. The first kappa shape index (κ1) is 15.9. The Kier molecular flexibility index (Phi) is 4.56. The van der Waals surface area contributed by atoms with Gasteiger partial charge in [-0.15, -0.1) is 11.3 Å². The average Bonchev–Trinajstić information content (AvgIpc) is 3.15. The minimum absolute atomic E-state index is 0.174. The maximum absolute atomic E-state index is 12.4. The van der Waals surface area contributed by atoms with Gasteiger partial charge in [-0.1, -0.05) is 0 Å². The molecule has 0 bridgehead atoms. The van der Waals surface area contributed by atoms with E-state index in [4.69, 9.17) is 9.47 Å². The van der Waals surface area contributed by atoms with Crippen LogP contribution in [0.25, 0.3) is 21.6 Å². The molecule has 120 valence electrons. The lowest BCUT2D eigenvalue weighted by Crippen LogP contribution is -2.11. The van der Waals surface area contributed by atoms with Crippen molar-refractivity contribution < 1.29 is 14.3 Å². The molecule has 0 spiro atoms. The van der Waals surface area contributed by atoms with E-state index < -0.39 is 5.97 Å². The van der Waals surface area contributed by atoms with E-state index >= 15 is 0 Å². The lowest BCUT2D eigenvalue weighted by Gasteiger charge is -2.02. The molecule has 0 saturated heterocycles. The van der Waals surface area contributed by atoms with E-state index in [2.05, 4.69) is 9.97 Å². The standard InChI is InChI=1S/C15H14N2O4S2/c1-8-10-13(18)16-12(9-3-6-22-7-9)17-14(10)23-11(8)15(19)21-5-4-20-2/h3,6-7H,4-5H2,1-2H3,(H,16,17,18). The number of aryl methyl sites for hydroxylation is 1. The van der Waals surface area contributed by atoms with Gasteiger partial charge in [-0.2, -0.15) is 11.3 Å². The number of nitrogens with zero attached hydrogens (tertiary/aromatic N) is 1. The van der Waals surface area contributed by atoms with Crippen molar-refractivity contribution in [2.75, 3.05) is 20.3 Å². The zero-order valence-electron chi connectivity index (χ0n) is 12.5. The van der Waals surface area contributed by atoms with Crippen LogP contribution in [0.3, 0.4) is 0 Å². The molecule has 0 unspecified atom stereocenters. The van der Waals surface area contributed by atoms with Crippen LogP contribution >= 0.6 is 22.7 Å². The second kappa shape index (κ2) is 6.61. The number of ether oxygens (including phenoxy) is 2. The fourth-order valence-electron chi connectivity index (χ4n) is 2.16. The molecule has 0 aromatic carbocycles. The lowest BCUT2D eigenvalue weighted by molar-refractivity contribution is 0.0393. The molecule has 0 aliphatic carbocycles. The van der Waals surface area contributed by atoms with Crippen molar-refractivity contribution in [3.05, 3.63) is 37.6 Å². The maximum atomic E-state index is 12.4. The Bertz CT molecular complexity index is 896. The van der Waals surface area contributed by atoms with Crippen LogP contribution in [0.4, 0.5) is 0 Å². The fourth-order valence-corrected chi connectivity index (χ4v) is 3.87. The van der Waals surface area contributed by atoms with Crippen LogP contribution < -0.4 is 5.56 Å². The number of thiophene rings is 2. The number of methoxy groups -OCH3 is 1. The molecule has 3 aromatic heterocycles. The minimum atomic E-state index is -0.459. The highest BCUT2D eigenvalue weighted by molar-refractivity contribution is 7.20. The first-order chi connectivity index (χ1) is 11.1. The third-order valence-electron chi connectivity index (χ3n) is 3.30. The van der Waals surface area contributed by atoms with E-state index in [-0.39, 0.29) is 12.2 Å². The molecule has 0 atom stereocenters. The third kappa shape index (κ3) is 3.05. The minimum Gasteiger partial charge on any atom is -0.459 e. The van der Waals surface area contributed by atoms with Crippen molar-refractivity contribution in [1.29, 1.82) is 0 Å². The van der Waals surface area contributed by atoms with E-state index in [9.17, 15) is 9.59 Å². The quantitative estimate of drug-likeness (QED) is 0.565. The predicted octanol–water partition coefficient (Wildman–Crippen LogP) is 2.82.